The minimum atomic E-state index is -0.607. The summed E-state index contributed by atoms with van der Waals surface area (Å²) in [4.78, 5) is 28.6. The van der Waals surface area contributed by atoms with Crippen LogP contribution in [-0.2, 0) is 22.6 Å². The molecule has 0 heterocycles. The quantitative estimate of drug-likeness (QED) is 0.290. The largest absolute Gasteiger partial charge is 0.494 e. The van der Waals surface area contributed by atoms with E-state index in [2.05, 4.69) is 11.4 Å². The number of nitrogens with one attached hydrogen (secondary N) is 1. The normalized spacial score (nSPS) is 11.5. The molecule has 0 aliphatic carbocycles. The number of benzene rings is 3. The Labute approximate surface area is 219 Å². The van der Waals surface area contributed by atoms with E-state index in [1.165, 1.54) is 0 Å². The van der Waals surface area contributed by atoms with Crippen molar-refractivity contribution in [2.24, 2.45) is 0 Å². The van der Waals surface area contributed by atoms with Gasteiger partial charge >= 0.3 is 0 Å². The van der Waals surface area contributed by atoms with Gasteiger partial charge in [-0.3, -0.25) is 9.59 Å². The average Bonchev–Trinajstić information content (AvgIpc) is 2.88. The van der Waals surface area contributed by atoms with Crippen molar-refractivity contribution in [2.45, 2.75) is 52.1 Å². The Kier molecular flexibility index (Phi) is 10.8. The summed E-state index contributed by atoms with van der Waals surface area (Å²) in [6, 6.07) is 24.5. The first kappa shape index (κ1) is 27.3. The molecule has 36 heavy (non-hydrogen) atoms. The SMILES string of the molecule is CCCNC(=O)C(Cc1ccccc1)N(Cc1cccc(C)c1)C(=O)CCCOc1ccc(Cl)cc1. The van der Waals surface area contributed by atoms with Crippen LogP contribution in [0.4, 0.5) is 0 Å². The second-order valence-electron chi connectivity index (χ2n) is 8.91. The van der Waals surface area contributed by atoms with E-state index >= 15 is 0 Å². The maximum atomic E-state index is 13.6. The number of amides is 2. The molecule has 0 saturated heterocycles. The van der Waals surface area contributed by atoms with E-state index in [9.17, 15) is 9.59 Å². The number of hydrogen-bond acceptors (Lipinski definition) is 3. The maximum Gasteiger partial charge on any atom is 0.243 e. The lowest BCUT2D eigenvalue weighted by molar-refractivity contribution is -0.141. The van der Waals surface area contributed by atoms with Crippen molar-refractivity contribution in [2.75, 3.05) is 13.2 Å². The minimum Gasteiger partial charge on any atom is -0.494 e. The first-order valence-corrected chi connectivity index (χ1v) is 12.9. The van der Waals surface area contributed by atoms with Crippen molar-refractivity contribution in [3.63, 3.8) is 0 Å². The van der Waals surface area contributed by atoms with Crippen LogP contribution in [0.25, 0.3) is 0 Å². The monoisotopic (exact) mass is 506 g/mol. The Hall–Kier alpha value is -3.31. The highest BCUT2D eigenvalue weighted by atomic mass is 35.5. The van der Waals surface area contributed by atoms with Gasteiger partial charge in [-0.2, -0.15) is 0 Å². The predicted molar refractivity (Wildman–Crippen MR) is 145 cm³/mol. The van der Waals surface area contributed by atoms with E-state index in [-0.39, 0.29) is 18.2 Å². The zero-order chi connectivity index (χ0) is 25.8. The zero-order valence-corrected chi connectivity index (χ0v) is 21.8. The molecule has 0 spiro atoms. The van der Waals surface area contributed by atoms with Gasteiger partial charge in [-0.1, -0.05) is 78.7 Å². The highest BCUT2D eigenvalue weighted by molar-refractivity contribution is 6.30. The number of aryl methyl sites for hydroxylation is 1. The molecule has 3 rings (SSSR count). The first-order valence-electron chi connectivity index (χ1n) is 12.5. The Morgan fingerprint density at radius 3 is 2.39 bits per heavy atom. The lowest BCUT2D eigenvalue weighted by atomic mass is 10.0. The van der Waals surface area contributed by atoms with Crippen LogP contribution < -0.4 is 10.1 Å². The lowest BCUT2D eigenvalue weighted by Gasteiger charge is -2.31. The fraction of sp³-hybridized carbons (Fsp3) is 0.333. The third kappa shape index (κ3) is 8.72. The fourth-order valence-corrected chi connectivity index (χ4v) is 4.14. The van der Waals surface area contributed by atoms with Gasteiger partial charge in [-0.25, -0.2) is 0 Å². The van der Waals surface area contributed by atoms with Crippen LogP contribution >= 0.6 is 11.6 Å². The number of halogens is 1. The second-order valence-corrected chi connectivity index (χ2v) is 9.35. The molecule has 0 aromatic heterocycles. The zero-order valence-electron chi connectivity index (χ0n) is 21.1. The Morgan fingerprint density at radius 2 is 1.69 bits per heavy atom. The molecule has 0 bridgehead atoms. The van der Waals surface area contributed by atoms with Gasteiger partial charge in [-0.15, -0.1) is 0 Å². The molecule has 2 amide bonds. The van der Waals surface area contributed by atoms with Crippen molar-refractivity contribution in [3.8, 4) is 5.75 Å². The molecular formula is C30H35ClN2O3. The number of carbonyl (C=O) groups is 2. The third-order valence-corrected chi connectivity index (χ3v) is 6.13. The topological polar surface area (TPSA) is 58.6 Å². The molecule has 1 atom stereocenters. The summed E-state index contributed by atoms with van der Waals surface area (Å²) in [6.45, 7) is 5.39. The minimum absolute atomic E-state index is 0.0659. The van der Waals surface area contributed by atoms with Crippen molar-refractivity contribution < 1.29 is 14.3 Å². The van der Waals surface area contributed by atoms with Crippen LogP contribution in [0.1, 0.15) is 42.9 Å². The predicted octanol–water partition coefficient (Wildman–Crippen LogP) is 5.97. The van der Waals surface area contributed by atoms with E-state index in [0.29, 0.717) is 43.3 Å². The number of hydrogen-bond donors (Lipinski definition) is 1. The molecule has 0 saturated carbocycles. The molecule has 5 nitrogen and oxygen atoms in total. The van der Waals surface area contributed by atoms with Gasteiger partial charge < -0.3 is 15.0 Å². The summed E-state index contributed by atoms with van der Waals surface area (Å²) in [5.41, 5.74) is 3.13. The van der Waals surface area contributed by atoms with E-state index in [4.69, 9.17) is 16.3 Å². The van der Waals surface area contributed by atoms with Gasteiger partial charge in [0.05, 0.1) is 6.61 Å². The molecule has 3 aromatic carbocycles. The van der Waals surface area contributed by atoms with Gasteiger partial charge in [0, 0.05) is 31.0 Å². The highest BCUT2D eigenvalue weighted by Crippen LogP contribution is 2.18. The summed E-state index contributed by atoms with van der Waals surface area (Å²) in [5.74, 6) is 0.521. The smallest absolute Gasteiger partial charge is 0.243 e. The molecule has 6 heteroatoms. The van der Waals surface area contributed by atoms with Gasteiger partial charge in [-0.05, 0) is 55.2 Å². The molecule has 1 unspecified atom stereocenters. The van der Waals surface area contributed by atoms with Crippen LogP contribution in [0.3, 0.4) is 0 Å². The fourth-order valence-electron chi connectivity index (χ4n) is 4.02. The highest BCUT2D eigenvalue weighted by Gasteiger charge is 2.30. The maximum absolute atomic E-state index is 13.6. The molecule has 190 valence electrons. The number of nitrogens with zero attached hydrogens (tertiary/aromatic N) is 1. The average molecular weight is 507 g/mol. The van der Waals surface area contributed by atoms with E-state index in [1.54, 1.807) is 17.0 Å². The summed E-state index contributed by atoms with van der Waals surface area (Å²) < 4.78 is 5.77. The summed E-state index contributed by atoms with van der Waals surface area (Å²) in [5, 5.41) is 3.66. The Morgan fingerprint density at radius 1 is 0.972 bits per heavy atom. The van der Waals surface area contributed by atoms with E-state index in [0.717, 1.165) is 23.1 Å². The molecular weight excluding hydrogens is 472 g/mol. The van der Waals surface area contributed by atoms with Gasteiger partial charge in [0.1, 0.15) is 11.8 Å². The molecule has 1 N–H and O–H groups in total. The van der Waals surface area contributed by atoms with Crippen molar-refractivity contribution in [1.82, 2.24) is 10.2 Å². The van der Waals surface area contributed by atoms with E-state index in [1.807, 2.05) is 74.5 Å². The van der Waals surface area contributed by atoms with Gasteiger partial charge in [0.15, 0.2) is 0 Å². The number of rotatable bonds is 13. The van der Waals surface area contributed by atoms with Crippen molar-refractivity contribution >= 4 is 23.4 Å². The first-order chi connectivity index (χ1) is 17.5. The summed E-state index contributed by atoms with van der Waals surface area (Å²) in [7, 11) is 0. The molecule has 0 aliphatic rings. The number of carbonyl (C=O) groups excluding carboxylic acids is 2. The Balaban J connectivity index is 1.77. The second kappa shape index (κ2) is 14.3. The van der Waals surface area contributed by atoms with Gasteiger partial charge in [0.2, 0.25) is 11.8 Å². The lowest BCUT2D eigenvalue weighted by Crippen LogP contribution is -2.50. The summed E-state index contributed by atoms with van der Waals surface area (Å²) >= 11 is 5.93. The van der Waals surface area contributed by atoms with E-state index < -0.39 is 6.04 Å². The van der Waals surface area contributed by atoms with Crippen molar-refractivity contribution in [3.05, 3.63) is 101 Å². The molecule has 0 aliphatic heterocycles. The van der Waals surface area contributed by atoms with Gasteiger partial charge in [0.25, 0.3) is 0 Å². The Bertz CT molecular complexity index is 1100. The number of ether oxygens (including phenoxy) is 1. The summed E-state index contributed by atoms with van der Waals surface area (Å²) in [6.07, 6.45) is 2.11. The van der Waals surface area contributed by atoms with Crippen LogP contribution in [0, 0.1) is 6.92 Å². The molecule has 0 radical (unpaired) electrons. The van der Waals surface area contributed by atoms with Crippen LogP contribution in [-0.4, -0.2) is 35.9 Å². The van der Waals surface area contributed by atoms with Crippen LogP contribution in [0.5, 0.6) is 5.75 Å². The third-order valence-electron chi connectivity index (χ3n) is 5.87. The standard InChI is InChI=1S/C30H35ClN2O3/c1-3-18-32-30(35)28(21-24-10-5-4-6-11-24)33(22-25-12-7-9-23(2)20-25)29(34)13-8-19-36-27-16-14-26(31)15-17-27/h4-7,9-12,14-17,20,28H,3,8,13,18-19,21-22H2,1-2H3,(H,32,35). The van der Waals surface area contributed by atoms with Crippen LogP contribution in [0.15, 0.2) is 78.9 Å². The molecule has 0 fully saturated rings. The van der Waals surface area contributed by atoms with Crippen molar-refractivity contribution in [1.29, 1.82) is 0 Å². The van der Waals surface area contributed by atoms with Crippen LogP contribution in [0.2, 0.25) is 5.02 Å². The molecule has 3 aromatic rings.